The van der Waals surface area contributed by atoms with E-state index in [0.29, 0.717) is 19.8 Å². The lowest BCUT2D eigenvalue weighted by Gasteiger charge is -2.24. The Kier molecular flexibility index (Phi) is 3.43. The standard InChI is InChI=1S/C13H19NO3/c1-13(2,9-15)8-14-10-3-4-11-12(7-10)17-6-5-16-11/h3-4,7,14-15H,5-6,8-9H2,1-2H3. The summed E-state index contributed by atoms with van der Waals surface area (Å²) in [4.78, 5) is 0. The minimum Gasteiger partial charge on any atom is -0.486 e. The van der Waals surface area contributed by atoms with Crippen LogP contribution in [-0.2, 0) is 0 Å². The van der Waals surface area contributed by atoms with Crippen molar-refractivity contribution in [2.24, 2.45) is 5.41 Å². The molecule has 1 heterocycles. The van der Waals surface area contributed by atoms with E-state index in [1.807, 2.05) is 32.0 Å². The zero-order valence-corrected chi connectivity index (χ0v) is 10.3. The highest BCUT2D eigenvalue weighted by molar-refractivity contribution is 5.55. The van der Waals surface area contributed by atoms with Gasteiger partial charge in [0.15, 0.2) is 11.5 Å². The Labute approximate surface area is 102 Å². The van der Waals surface area contributed by atoms with Gasteiger partial charge < -0.3 is 19.9 Å². The van der Waals surface area contributed by atoms with Crippen molar-refractivity contribution in [3.05, 3.63) is 18.2 Å². The molecule has 0 atom stereocenters. The van der Waals surface area contributed by atoms with Gasteiger partial charge in [-0.2, -0.15) is 0 Å². The fourth-order valence-corrected chi connectivity index (χ4v) is 1.55. The van der Waals surface area contributed by atoms with E-state index >= 15 is 0 Å². The normalized spacial score (nSPS) is 14.5. The smallest absolute Gasteiger partial charge is 0.163 e. The van der Waals surface area contributed by atoms with Crippen LogP contribution in [0.25, 0.3) is 0 Å². The molecule has 0 radical (unpaired) electrons. The predicted molar refractivity (Wildman–Crippen MR) is 66.8 cm³/mol. The Morgan fingerprint density at radius 1 is 1.24 bits per heavy atom. The predicted octanol–water partition coefficient (Wildman–Crippen LogP) is 1.89. The summed E-state index contributed by atoms with van der Waals surface area (Å²) in [5.74, 6) is 1.58. The number of nitrogens with one attached hydrogen (secondary N) is 1. The van der Waals surface area contributed by atoms with Gasteiger partial charge >= 0.3 is 0 Å². The largest absolute Gasteiger partial charge is 0.486 e. The second kappa shape index (κ2) is 4.84. The van der Waals surface area contributed by atoms with Crippen molar-refractivity contribution >= 4 is 5.69 Å². The molecule has 0 aromatic heterocycles. The van der Waals surface area contributed by atoms with Crippen LogP contribution >= 0.6 is 0 Å². The third kappa shape index (κ3) is 3.03. The van der Waals surface area contributed by atoms with Gasteiger partial charge in [-0.15, -0.1) is 0 Å². The van der Waals surface area contributed by atoms with E-state index in [-0.39, 0.29) is 12.0 Å². The van der Waals surface area contributed by atoms with E-state index in [2.05, 4.69) is 5.32 Å². The summed E-state index contributed by atoms with van der Waals surface area (Å²) in [6.45, 7) is 6.10. The molecule has 0 saturated carbocycles. The van der Waals surface area contributed by atoms with Crippen LogP contribution < -0.4 is 14.8 Å². The molecule has 1 aromatic rings. The van der Waals surface area contributed by atoms with E-state index in [1.165, 1.54) is 0 Å². The van der Waals surface area contributed by atoms with Gasteiger partial charge in [-0.1, -0.05) is 13.8 Å². The number of benzene rings is 1. The molecule has 4 nitrogen and oxygen atoms in total. The van der Waals surface area contributed by atoms with E-state index in [1.54, 1.807) is 0 Å². The van der Waals surface area contributed by atoms with Crippen LogP contribution in [-0.4, -0.2) is 31.5 Å². The number of aliphatic hydroxyl groups excluding tert-OH is 1. The summed E-state index contributed by atoms with van der Waals surface area (Å²) in [6, 6.07) is 5.80. The number of fused-ring (bicyclic) bond motifs is 1. The molecule has 4 heteroatoms. The summed E-state index contributed by atoms with van der Waals surface area (Å²) in [6.07, 6.45) is 0. The molecule has 1 aliphatic rings. The molecule has 0 fully saturated rings. The lowest BCUT2D eigenvalue weighted by Crippen LogP contribution is -2.26. The van der Waals surface area contributed by atoms with Crippen LogP contribution in [0.5, 0.6) is 11.5 Å². The van der Waals surface area contributed by atoms with Crippen molar-refractivity contribution in [2.75, 3.05) is 31.7 Å². The van der Waals surface area contributed by atoms with Crippen LogP contribution in [0.3, 0.4) is 0 Å². The van der Waals surface area contributed by atoms with Crippen LogP contribution in [0.1, 0.15) is 13.8 Å². The zero-order chi connectivity index (χ0) is 12.3. The number of hydrogen-bond acceptors (Lipinski definition) is 4. The van der Waals surface area contributed by atoms with Gasteiger partial charge in [-0.3, -0.25) is 0 Å². The lowest BCUT2D eigenvalue weighted by molar-refractivity contribution is 0.170. The summed E-state index contributed by atoms with van der Waals surface area (Å²) >= 11 is 0. The van der Waals surface area contributed by atoms with Gasteiger partial charge in [0, 0.05) is 30.3 Å². The minimum absolute atomic E-state index is 0.132. The number of hydrogen-bond donors (Lipinski definition) is 2. The third-order valence-corrected chi connectivity index (χ3v) is 2.74. The average Bonchev–Trinajstić information content (AvgIpc) is 2.36. The number of rotatable bonds is 4. The van der Waals surface area contributed by atoms with Gasteiger partial charge in [0.25, 0.3) is 0 Å². The highest BCUT2D eigenvalue weighted by Crippen LogP contribution is 2.32. The highest BCUT2D eigenvalue weighted by atomic mass is 16.6. The molecule has 1 aromatic carbocycles. The molecule has 94 valence electrons. The molecule has 0 unspecified atom stereocenters. The first kappa shape index (κ1) is 12.0. The minimum atomic E-state index is -0.132. The lowest BCUT2D eigenvalue weighted by atomic mass is 9.95. The maximum atomic E-state index is 9.18. The first-order chi connectivity index (χ1) is 8.11. The second-order valence-corrected chi connectivity index (χ2v) is 5.03. The number of ether oxygens (including phenoxy) is 2. The second-order valence-electron chi connectivity index (χ2n) is 5.03. The summed E-state index contributed by atoms with van der Waals surface area (Å²) in [5.41, 5.74) is 0.851. The van der Waals surface area contributed by atoms with Gasteiger partial charge in [0.05, 0.1) is 0 Å². The van der Waals surface area contributed by atoms with Gasteiger partial charge in [-0.25, -0.2) is 0 Å². The highest BCUT2D eigenvalue weighted by Gasteiger charge is 2.17. The molecule has 0 aliphatic carbocycles. The maximum absolute atomic E-state index is 9.18. The monoisotopic (exact) mass is 237 g/mol. The Morgan fingerprint density at radius 2 is 1.94 bits per heavy atom. The average molecular weight is 237 g/mol. The van der Waals surface area contributed by atoms with Crippen molar-refractivity contribution in [3.63, 3.8) is 0 Å². The van der Waals surface area contributed by atoms with Crippen molar-refractivity contribution in [1.29, 1.82) is 0 Å². The molecular formula is C13H19NO3. The topological polar surface area (TPSA) is 50.7 Å². The summed E-state index contributed by atoms with van der Waals surface area (Å²) < 4.78 is 11.0. The molecule has 17 heavy (non-hydrogen) atoms. The zero-order valence-electron chi connectivity index (χ0n) is 10.3. The van der Waals surface area contributed by atoms with Crippen LogP contribution in [0.4, 0.5) is 5.69 Å². The number of aliphatic hydroxyl groups is 1. The maximum Gasteiger partial charge on any atom is 0.163 e. The quantitative estimate of drug-likeness (QED) is 0.839. The van der Waals surface area contributed by atoms with Crippen molar-refractivity contribution in [3.8, 4) is 11.5 Å². The Balaban J connectivity index is 2.02. The molecule has 0 bridgehead atoms. The molecule has 0 spiro atoms. The SMILES string of the molecule is CC(C)(CO)CNc1ccc2c(c1)OCCO2. The molecular weight excluding hydrogens is 218 g/mol. The Hall–Kier alpha value is -1.42. The van der Waals surface area contributed by atoms with E-state index in [9.17, 15) is 5.11 Å². The van der Waals surface area contributed by atoms with Crippen LogP contribution in [0.2, 0.25) is 0 Å². The molecule has 0 saturated heterocycles. The van der Waals surface area contributed by atoms with Crippen molar-refractivity contribution < 1.29 is 14.6 Å². The fraction of sp³-hybridized carbons (Fsp3) is 0.538. The Bertz CT molecular complexity index is 390. The number of anilines is 1. The van der Waals surface area contributed by atoms with Crippen LogP contribution in [0, 0.1) is 5.41 Å². The summed E-state index contributed by atoms with van der Waals surface area (Å²) in [5, 5.41) is 12.5. The fourth-order valence-electron chi connectivity index (χ4n) is 1.55. The Morgan fingerprint density at radius 3 is 2.65 bits per heavy atom. The summed E-state index contributed by atoms with van der Waals surface area (Å²) in [7, 11) is 0. The molecule has 2 rings (SSSR count). The molecule has 2 N–H and O–H groups in total. The molecule has 0 amide bonds. The van der Waals surface area contributed by atoms with Crippen molar-refractivity contribution in [1.82, 2.24) is 0 Å². The third-order valence-electron chi connectivity index (χ3n) is 2.74. The van der Waals surface area contributed by atoms with Crippen LogP contribution in [0.15, 0.2) is 18.2 Å². The van der Waals surface area contributed by atoms with E-state index < -0.39 is 0 Å². The van der Waals surface area contributed by atoms with Gasteiger partial charge in [-0.05, 0) is 12.1 Å². The van der Waals surface area contributed by atoms with E-state index in [4.69, 9.17) is 9.47 Å². The van der Waals surface area contributed by atoms with Gasteiger partial charge in [0.1, 0.15) is 13.2 Å². The first-order valence-corrected chi connectivity index (χ1v) is 5.85. The first-order valence-electron chi connectivity index (χ1n) is 5.85. The molecule has 1 aliphatic heterocycles. The van der Waals surface area contributed by atoms with Gasteiger partial charge in [0.2, 0.25) is 0 Å². The van der Waals surface area contributed by atoms with Crippen molar-refractivity contribution in [2.45, 2.75) is 13.8 Å². The van der Waals surface area contributed by atoms with E-state index in [0.717, 1.165) is 17.2 Å².